The molecule has 0 aromatic heterocycles. The summed E-state index contributed by atoms with van der Waals surface area (Å²) in [6, 6.07) is 0.352. The van der Waals surface area contributed by atoms with Gasteiger partial charge in [-0.05, 0) is 56.0 Å². The number of amides is 1. The molecule has 2 N–H and O–H groups in total. The Morgan fingerprint density at radius 2 is 1.71 bits per heavy atom. The topological polar surface area (TPSA) is 41.1 Å². The first-order chi connectivity index (χ1) is 9.76. The van der Waals surface area contributed by atoms with E-state index < -0.39 is 0 Å². The van der Waals surface area contributed by atoms with Crippen LogP contribution in [0.3, 0.4) is 0 Å². The van der Waals surface area contributed by atoms with Gasteiger partial charge in [-0.2, -0.15) is 0 Å². The lowest BCUT2D eigenvalue weighted by molar-refractivity contribution is -0.120. The van der Waals surface area contributed by atoms with Crippen LogP contribution in [-0.4, -0.2) is 36.0 Å². The van der Waals surface area contributed by atoms with Crippen LogP contribution in [0.25, 0.3) is 0 Å². The first-order valence-electron chi connectivity index (χ1n) is 8.38. The second-order valence-electron chi connectivity index (χ2n) is 8.44. The molecule has 0 radical (unpaired) electrons. The van der Waals surface area contributed by atoms with Crippen molar-refractivity contribution in [1.82, 2.24) is 10.6 Å². The molecule has 0 aromatic carbocycles. The van der Waals surface area contributed by atoms with Gasteiger partial charge in [0.2, 0.25) is 5.91 Å². The number of nitrogens with one attached hydrogen (secondary N) is 2. The quantitative estimate of drug-likeness (QED) is 0.837. The van der Waals surface area contributed by atoms with Gasteiger partial charge in [0.15, 0.2) is 0 Å². The lowest BCUT2D eigenvalue weighted by atomic mass is 9.63. The molecule has 0 atom stereocenters. The van der Waals surface area contributed by atoms with Crippen LogP contribution in [0.2, 0.25) is 0 Å². The zero-order chi connectivity index (χ0) is 15.5. The van der Waals surface area contributed by atoms with Gasteiger partial charge >= 0.3 is 0 Å². The average molecular weight is 313 g/mol. The Kier molecular flexibility index (Phi) is 5.64. The van der Waals surface area contributed by atoms with E-state index in [1.54, 1.807) is 0 Å². The lowest BCUT2D eigenvalue weighted by Crippen LogP contribution is -2.46. The predicted molar refractivity (Wildman–Crippen MR) is 91.7 cm³/mol. The normalized spacial score (nSPS) is 26.5. The molecule has 122 valence electrons. The van der Waals surface area contributed by atoms with Crippen molar-refractivity contribution in [3.8, 4) is 0 Å². The van der Waals surface area contributed by atoms with E-state index in [0.717, 1.165) is 25.9 Å². The SMILES string of the molecule is CC1(C)CC(NC(=O)CSC2CCNCC2)CC(C)(C)C1. The standard InChI is InChI=1S/C17H32N2OS/c1-16(2)9-13(10-17(3,4)12-16)19-15(20)11-21-14-5-7-18-8-6-14/h13-14,18H,5-12H2,1-4H3,(H,19,20). The second kappa shape index (κ2) is 6.91. The highest BCUT2D eigenvalue weighted by atomic mass is 32.2. The minimum Gasteiger partial charge on any atom is -0.353 e. The van der Waals surface area contributed by atoms with Crippen molar-refractivity contribution < 1.29 is 4.79 Å². The molecule has 0 bridgehead atoms. The van der Waals surface area contributed by atoms with Gasteiger partial charge in [0.05, 0.1) is 5.75 Å². The molecule has 1 saturated heterocycles. The van der Waals surface area contributed by atoms with E-state index in [2.05, 4.69) is 38.3 Å². The van der Waals surface area contributed by atoms with E-state index in [9.17, 15) is 4.79 Å². The van der Waals surface area contributed by atoms with Crippen molar-refractivity contribution in [2.24, 2.45) is 10.8 Å². The number of hydrogen-bond acceptors (Lipinski definition) is 3. The maximum absolute atomic E-state index is 12.2. The van der Waals surface area contributed by atoms with Crippen LogP contribution >= 0.6 is 11.8 Å². The summed E-state index contributed by atoms with van der Waals surface area (Å²) in [6.07, 6.45) is 5.86. The van der Waals surface area contributed by atoms with Crippen molar-refractivity contribution in [3.63, 3.8) is 0 Å². The Morgan fingerprint density at radius 3 is 2.29 bits per heavy atom. The van der Waals surface area contributed by atoms with Gasteiger partial charge in [-0.3, -0.25) is 4.79 Å². The molecular formula is C17H32N2OS. The molecule has 1 amide bonds. The molecular weight excluding hydrogens is 280 g/mol. The summed E-state index contributed by atoms with van der Waals surface area (Å²) >= 11 is 1.84. The van der Waals surface area contributed by atoms with E-state index in [4.69, 9.17) is 0 Å². The van der Waals surface area contributed by atoms with Gasteiger partial charge in [0.1, 0.15) is 0 Å². The summed E-state index contributed by atoms with van der Waals surface area (Å²) < 4.78 is 0. The summed E-state index contributed by atoms with van der Waals surface area (Å²) in [6.45, 7) is 11.5. The van der Waals surface area contributed by atoms with Crippen LogP contribution in [0, 0.1) is 10.8 Å². The third-order valence-corrected chi connectivity index (χ3v) is 6.03. The monoisotopic (exact) mass is 312 g/mol. The number of piperidine rings is 1. The van der Waals surface area contributed by atoms with Crippen LogP contribution in [0.5, 0.6) is 0 Å². The minimum atomic E-state index is 0.233. The van der Waals surface area contributed by atoms with Gasteiger partial charge in [-0.1, -0.05) is 27.7 Å². The van der Waals surface area contributed by atoms with E-state index in [1.807, 2.05) is 11.8 Å². The summed E-state index contributed by atoms with van der Waals surface area (Å²) in [4.78, 5) is 12.2. The largest absolute Gasteiger partial charge is 0.353 e. The molecule has 1 aliphatic carbocycles. The number of carbonyl (C=O) groups is 1. The zero-order valence-corrected chi connectivity index (χ0v) is 14.9. The van der Waals surface area contributed by atoms with Gasteiger partial charge in [-0.25, -0.2) is 0 Å². The molecule has 1 heterocycles. The third-order valence-electron chi connectivity index (χ3n) is 4.66. The van der Waals surface area contributed by atoms with Crippen LogP contribution in [0.4, 0.5) is 0 Å². The fourth-order valence-corrected chi connectivity index (χ4v) is 5.41. The van der Waals surface area contributed by atoms with Crippen LogP contribution in [0.15, 0.2) is 0 Å². The molecule has 0 spiro atoms. The van der Waals surface area contributed by atoms with Crippen LogP contribution in [-0.2, 0) is 4.79 Å². The molecule has 2 rings (SSSR count). The van der Waals surface area contributed by atoms with Gasteiger partial charge in [-0.15, -0.1) is 11.8 Å². The molecule has 1 aliphatic heterocycles. The summed E-state index contributed by atoms with van der Waals surface area (Å²) in [7, 11) is 0. The Labute approximate surface area is 134 Å². The first-order valence-corrected chi connectivity index (χ1v) is 9.42. The number of hydrogen-bond donors (Lipinski definition) is 2. The van der Waals surface area contributed by atoms with Crippen molar-refractivity contribution in [2.45, 2.75) is 71.1 Å². The fourth-order valence-electron chi connectivity index (χ4n) is 4.37. The molecule has 0 aromatic rings. The molecule has 0 unspecified atom stereocenters. The van der Waals surface area contributed by atoms with Gasteiger partial charge in [0, 0.05) is 11.3 Å². The first kappa shape index (κ1) is 17.1. The van der Waals surface area contributed by atoms with Gasteiger partial charge in [0.25, 0.3) is 0 Å². The molecule has 1 saturated carbocycles. The molecule has 2 fully saturated rings. The van der Waals surface area contributed by atoms with Crippen LogP contribution in [0.1, 0.15) is 59.8 Å². The summed E-state index contributed by atoms with van der Waals surface area (Å²) in [5.41, 5.74) is 0.670. The van der Waals surface area contributed by atoms with E-state index in [0.29, 0.717) is 27.9 Å². The van der Waals surface area contributed by atoms with Crippen molar-refractivity contribution in [1.29, 1.82) is 0 Å². The highest BCUT2D eigenvalue weighted by Gasteiger charge is 2.38. The minimum absolute atomic E-state index is 0.233. The Morgan fingerprint density at radius 1 is 1.14 bits per heavy atom. The summed E-state index contributed by atoms with van der Waals surface area (Å²) in [5.74, 6) is 0.860. The third kappa shape index (κ3) is 5.82. The summed E-state index contributed by atoms with van der Waals surface area (Å²) in [5, 5.41) is 7.33. The zero-order valence-electron chi connectivity index (χ0n) is 14.1. The van der Waals surface area contributed by atoms with Crippen molar-refractivity contribution in [3.05, 3.63) is 0 Å². The van der Waals surface area contributed by atoms with Gasteiger partial charge < -0.3 is 10.6 Å². The fraction of sp³-hybridized carbons (Fsp3) is 0.941. The average Bonchev–Trinajstić information content (AvgIpc) is 2.33. The maximum atomic E-state index is 12.2. The smallest absolute Gasteiger partial charge is 0.230 e. The molecule has 3 nitrogen and oxygen atoms in total. The number of rotatable bonds is 4. The van der Waals surface area contributed by atoms with Crippen LogP contribution < -0.4 is 10.6 Å². The van der Waals surface area contributed by atoms with E-state index >= 15 is 0 Å². The second-order valence-corrected chi connectivity index (χ2v) is 9.73. The lowest BCUT2D eigenvalue weighted by Gasteiger charge is -2.45. The Bertz CT molecular complexity index is 346. The van der Waals surface area contributed by atoms with Crippen molar-refractivity contribution >= 4 is 17.7 Å². The number of carbonyl (C=O) groups excluding carboxylic acids is 1. The van der Waals surface area contributed by atoms with E-state index in [1.165, 1.54) is 19.3 Å². The predicted octanol–water partition coefficient (Wildman–Crippen LogP) is 3.19. The highest BCUT2D eigenvalue weighted by molar-refractivity contribution is 8.00. The van der Waals surface area contributed by atoms with E-state index in [-0.39, 0.29) is 5.91 Å². The maximum Gasteiger partial charge on any atom is 0.230 e. The Hall–Kier alpha value is -0.220. The molecule has 21 heavy (non-hydrogen) atoms. The Balaban J connectivity index is 1.76. The van der Waals surface area contributed by atoms with Crippen molar-refractivity contribution in [2.75, 3.05) is 18.8 Å². The number of thioether (sulfide) groups is 1. The highest BCUT2D eigenvalue weighted by Crippen LogP contribution is 2.45. The molecule has 4 heteroatoms. The molecule has 2 aliphatic rings.